The number of aliphatic imine (C=N–C) groups is 1. The molecule has 0 fully saturated rings. The van der Waals surface area contributed by atoms with Gasteiger partial charge >= 0.3 is 0 Å². The van der Waals surface area contributed by atoms with Crippen LogP contribution in [0.1, 0.15) is 24.0 Å². The Morgan fingerprint density at radius 1 is 0.966 bits per heavy atom. The number of hydrogen-bond acceptors (Lipinski definition) is 3. The minimum Gasteiger partial charge on any atom is -0.497 e. The summed E-state index contributed by atoms with van der Waals surface area (Å²) in [7, 11) is 2.56. The van der Waals surface area contributed by atoms with E-state index < -0.39 is 10.8 Å². The first-order chi connectivity index (χ1) is 13.7. The Hall–Kier alpha value is -1.61. The summed E-state index contributed by atoms with van der Waals surface area (Å²) in [4.78, 5) is 4.23. The molecule has 2 N–H and O–H groups in total. The van der Waals surface area contributed by atoms with E-state index in [1.807, 2.05) is 42.5 Å². The minimum atomic E-state index is -0.876. The lowest BCUT2D eigenvalue weighted by Gasteiger charge is -2.12. The lowest BCUT2D eigenvalue weighted by atomic mass is 10.1. The predicted octanol–water partition coefficient (Wildman–Crippen LogP) is 3.75. The van der Waals surface area contributed by atoms with Crippen molar-refractivity contribution >= 4 is 40.7 Å². The van der Waals surface area contributed by atoms with Crippen LogP contribution in [0.15, 0.2) is 59.6 Å². The summed E-state index contributed by atoms with van der Waals surface area (Å²) in [6.07, 6.45) is 3.22. The average molecular weight is 529 g/mol. The molecule has 0 aliphatic carbocycles. The minimum absolute atomic E-state index is 0. The topological polar surface area (TPSA) is 62.7 Å². The van der Waals surface area contributed by atoms with Crippen molar-refractivity contribution in [2.45, 2.75) is 25.0 Å². The van der Waals surface area contributed by atoms with E-state index in [9.17, 15) is 4.21 Å². The number of nitrogens with zero attached hydrogens (tertiary/aromatic N) is 1. The molecule has 0 radical (unpaired) electrons. The van der Waals surface area contributed by atoms with Gasteiger partial charge in [0.1, 0.15) is 5.75 Å². The molecule has 7 heteroatoms. The zero-order chi connectivity index (χ0) is 20.0. The molecule has 29 heavy (non-hydrogen) atoms. The number of methoxy groups -OCH3 is 1. The van der Waals surface area contributed by atoms with Gasteiger partial charge in [-0.05, 0) is 42.5 Å². The van der Waals surface area contributed by atoms with Crippen LogP contribution in [0.2, 0.25) is 0 Å². The predicted molar refractivity (Wildman–Crippen MR) is 134 cm³/mol. The van der Waals surface area contributed by atoms with Crippen molar-refractivity contribution in [1.29, 1.82) is 0 Å². The van der Waals surface area contributed by atoms with E-state index in [2.05, 4.69) is 27.8 Å². The Bertz CT molecular complexity index is 739. The SMILES string of the molecule is CN=C(NCCCCc1ccc(OC)cc1)NCCS(=O)Cc1ccccc1.I. The van der Waals surface area contributed by atoms with Crippen molar-refractivity contribution < 1.29 is 8.95 Å². The van der Waals surface area contributed by atoms with Gasteiger partial charge in [0.25, 0.3) is 0 Å². The quantitative estimate of drug-likeness (QED) is 0.202. The normalized spacial score (nSPS) is 12.0. The van der Waals surface area contributed by atoms with E-state index in [-0.39, 0.29) is 24.0 Å². The third-order valence-electron chi connectivity index (χ3n) is 4.36. The van der Waals surface area contributed by atoms with Crippen molar-refractivity contribution in [3.63, 3.8) is 0 Å². The highest BCUT2D eigenvalue weighted by Gasteiger charge is 2.03. The average Bonchev–Trinajstić information content (AvgIpc) is 2.73. The van der Waals surface area contributed by atoms with Crippen molar-refractivity contribution in [2.24, 2.45) is 4.99 Å². The number of ether oxygens (including phenoxy) is 1. The van der Waals surface area contributed by atoms with E-state index in [4.69, 9.17) is 4.74 Å². The zero-order valence-corrected chi connectivity index (χ0v) is 20.4. The molecule has 2 aromatic rings. The molecular weight excluding hydrogens is 497 g/mol. The molecule has 1 atom stereocenters. The molecular formula is C22H32IN3O2S. The van der Waals surface area contributed by atoms with Crippen LogP contribution in [-0.4, -0.2) is 43.2 Å². The number of halogens is 1. The standard InChI is InChI=1S/C22H31N3O2S.HI/c1-23-22(25-16-17-28(26)18-20-9-4-3-5-10-20)24-15-7-6-8-19-11-13-21(27-2)14-12-19;/h3-5,9-14H,6-8,15-18H2,1-2H3,(H2,23,24,25);1H. The fourth-order valence-corrected chi connectivity index (χ4v) is 3.83. The van der Waals surface area contributed by atoms with Crippen LogP contribution >= 0.6 is 24.0 Å². The van der Waals surface area contributed by atoms with Gasteiger partial charge in [-0.2, -0.15) is 0 Å². The summed E-state index contributed by atoms with van der Waals surface area (Å²) in [5.41, 5.74) is 2.43. The van der Waals surface area contributed by atoms with E-state index >= 15 is 0 Å². The van der Waals surface area contributed by atoms with Crippen LogP contribution in [-0.2, 0) is 23.0 Å². The van der Waals surface area contributed by atoms with Crippen LogP contribution in [0.3, 0.4) is 0 Å². The highest BCUT2D eigenvalue weighted by molar-refractivity contribution is 14.0. The number of nitrogens with one attached hydrogen (secondary N) is 2. The smallest absolute Gasteiger partial charge is 0.191 e. The van der Waals surface area contributed by atoms with Gasteiger partial charge in [0.15, 0.2) is 5.96 Å². The Kier molecular flexibility index (Phi) is 13.4. The van der Waals surface area contributed by atoms with Gasteiger partial charge in [-0.1, -0.05) is 42.5 Å². The molecule has 0 bridgehead atoms. The Balaban J connectivity index is 0.00000420. The molecule has 0 heterocycles. The highest BCUT2D eigenvalue weighted by Crippen LogP contribution is 2.13. The lowest BCUT2D eigenvalue weighted by Crippen LogP contribution is -2.39. The second kappa shape index (κ2) is 15.3. The number of unbranched alkanes of at least 4 members (excludes halogenated alkanes) is 1. The molecule has 2 aromatic carbocycles. The van der Waals surface area contributed by atoms with Crippen molar-refractivity contribution in [3.05, 3.63) is 65.7 Å². The third-order valence-corrected chi connectivity index (χ3v) is 5.67. The van der Waals surface area contributed by atoms with Crippen molar-refractivity contribution in [1.82, 2.24) is 10.6 Å². The number of aryl methyl sites for hydroxylation is 1. The Labute approximate surface area is 194 Å². The Morgan fingerprint density at radius 2 is 1.66 bits per heavy atom. The molecule has 0 aromatic heterocycles. The number of benzene rings is 2. The summed E-state index contributed by atoms with van der Waals surface area (Å²) >= 11 is 0. The Morgan fingerprint density at radius 3 is 2.31 bits per heavy atom. The maximum Gasteiger partial charge on any atom is 0.191 e. The second-order valence-corrected chi connectivity index (χ2v) is 8.08. The molecule has 2 rings (SSSR count). The maximum absolute atomic E-state index is 12.2. The van der Waals surface area contributed by atoms with Gasteiger partial charge in [-0.15, -0.1) is 24.0 Å². The van der Waals surface area contributed by atoms with Crippen LogP contribution in [0.4, 0.5) is 0 Å². The lowest BCUT2D eigenvalue weighted by molar-refractivity contribution is 0.414. The van der Waals surface area contributed by atoms with Crippen LogP contribution < -0.4 is 15.4 Å². The van der Waals surface area contributed by atoms with Crippen LogP contribution in [0.25, 0.3) is 0 Å². The van der Waals surface area contributed by atoms with Gasteiger partial charge in [0.2, 0.25) is 0 Å². The molecule has 0 saturated carbocycles. The summed E-state index contributed by atoms with van der Waals surface area (Å²) in [5.74, 6) is 2.86. The van der Waals surface area contributed by atoms with Gasteiger partial charge in [-0.3, -0.25) is 9.20 Å². The molecule has 0 aliphatic rings. The first-order valence-electron chi connectivity index (χ1n) is 9.67. The molecule has 0 aliphatic heterocycles. The van der Waals surface area contributed by atoms with E-state index in [0.29, 0.717) is 18.1 Å². The van der Waals surface area contributed by atoms with E-state index in [1.165, 1.54) is 5.56 Å². The van der Waals surface area contributed by atoms with Crippen LogP contribution in [0, 0.1) is 0 Å². The van der Waals surface area contributed by atoms with Gasteiger partial charge in [0.05, 0.1) is 7.11 Å². The molecule has 0 spiro atoms. The molecule has 160 valence electrons. The molecule has 1 unspecified atom stereocenters. The van der Waals surface area contributed by atoms with E-state index in [1.54, 1.807) is 14.2 Å². The second-order valence-electron chi connectivity index (χ2n) is 6.50. The third kappa shape index (κ3) is 10.7. The largest absolute Gasteiger partial charge is 0.497 e. The van der Waals surface area contributed by atoms with Gasteiger partial charge in [0, 0.05) is 42.4 Å². The number of rotatable bonds is 11. The number of hydrogen-bond donors (Lipinski definition) is 2. The van der Waals surface area contributed by atoms with Gasteiger partial charge < -0.3 is 15.4 Å². The van der Waals surface area contributed by atoms with E-state index in [0.717, 1.165) is 43.1 Å². The van der Waals surface area contributed by atoms with Crippen molar-refractivity contribution in [2.75, 3.05) is 33.0 Å². The van der Waals surface area contributed by atoms with Crippen molar-refractivity contribution in [3.8, 4) is 5.75 Å². The zero-order valence-electron chi connectivity index (χ0n) is 17.2. The maximum atomic E-state index is 12.2. The molecule has 0 amide bonds. The monoisotopic (exact) mass is 529 g/mol. The number of guanidine groups is 1. The van der Waals surface area contributed by atoms with Crippen LogP contribution in [0.5, 0.6) is 5.75 Å². The molecule has 0 saturated heterocycles. The highest BCUT2D eigenvalue weighted by atomic mass is 127. The van der Waals surface area contributed by atoms with Gasteiger partial charge in [-0.25, -0.2) is 0 Å². The first kappa shape index (κ1) is 25.4. The molecule has 5 nitrogen and oxygen atoms in total. The summed E-state index contributed by atoms with van der Waals surface area (Å²) in [6.45, 7) is 1.51. The summed E-state index contributed by atoms with van der Waals surface area (Å²) < 4.78 is 17.3. The fraction of sp³-hybridized carbons (Fsp3) is 0.409. The summed E-state index contributed by atoms with van der Waals surface area (Å²) in [5, 5.41) is 6.56. The fourth-order valence-electron chi connectivity index (χ4n) is 2.79. The first-order valence-corrected chi connectivity index (χ1v) is 11.2. The summed E-state index contributed by atoms with van der Waals surface area (Å²) in [6, 6.07) is 18.2.